The van der Waals surface area contributed by atoms with Crippen molar-refractivity contribution in [2.45, 2.75) is 6.04 Å². The number of carbonyl (C=O) groups is 1. The van der Waals surface area contributed by atoms with Crippen molar-refractivity contribution < 1.29 is 45.4 Å². The molecule has 0 rings (SSSR count). The Morgan fingerprint density at radius 3 is 2.33 bits per heavy atom. The summed E-state index contributed by atoms with van der Waals surface area (Å²) in [5.74, 6) is -0.777. The van der Waals surface area contributed by atoms with E-state index < -0.39 is 12.0 Å². The van der Waals surface area contributed by atoms with Gasteiger partial charge in [-0.25, -0.2) is 6.29 Å². The quantitative estimate of drug-likeness (QED) is 0.416. The number of rotatable bonds is 2. The SMILES string of the molecule is NC([C-]=O)C(=O)OI.[Y]. The average molecular weight is 317 g/mol. The molecule has 1 unspecified atom stereocenters. The van der Waals surface area contributed by atoms with Gasteiger partial charge in [0.1, 0.15) is 0 Å². The van der Waals surface area contributed by atoms with Crippen molar-refractivity contribution in [2.24, 2.45) is 5.73 Å². The van der Waals surface area contributed by atoms with Crippen LogP contribution >= 0.6 is 23.0 Å². The van der Waals surface area contributed by atoms with Crippen LogP contribution in [0.25, 0.3) is 0 Å². The predicted molar refractivity (Wildman–Crippen MR) is 33.8 cm³/mol. The maximum atomic E-state index is 10.1. The second-order valence-electron chi connectivity index (χ2n) is 0.992. The summed E-state index contributed by atoms with van der Waals surface area (Å²) in [6, 6.07) is -1.26. The zero-order valence-electron chi connectivity index (χ0n) is 4.33. The summed E-state index contributed by atoms with van der Waals surface area (Å²) in [7, 11) is 0. The van der Waals surface area contributed by atoms with E-state index in [2.05, 4.69) is 3.07 Å². The Balaban J connectivity index is 0. The average Bonchev–Trinajstić information content (AvgIpc) is 1.84. The molecule has 0 saturated carbocycles. The number of carbonyl (C=O) groups excluding carboxylic acids is 2. The minimum Gasteiger partial charge on any atom is -0.540 e. The topological polar surface area (TPSA) is 69.4 Å². The van der Waals surface area contributed by atoms with Gasteiger partial charge in [-0.05, 0) is 0 Å². The van der Waals surface area contributed by atoms with Crippen LogP contribution in [0.2, 0.25) is 0 Å². The fourth-order valence-corrected chi connectivity index (χ4v) is 0.370. The minimum atomic E-state index is -1.26. The van der Waals surface area contributed by atoms with Crippen LogP contribution in [0.1, 0.15) is 0 Å². The van der Waals surface area contributed by atoms with Crippen LogP contribution in [-0.2, 0) is 45.4 Å². The molecule has 49 valence electrons. The zero-order chi connectivity index (χ0) is 6.57. The monoisotopic (exact) mass is 317 g/mol. The summed E-state index contributed by atoms with van der Waals surface area (Å²) in [6.45, 7) is 0. The molecule has 0 spiro atoms. The molecule has 1 atom stereocenters. The first-order chi connectivity index (χ1) is 3.72. The molecule has 4 nitrogen and oxygen atoms in total. The largest absolute Gasteiger partial charge is 0.540 e. The molecule has 0 aliphatic rings. The van der Waals surface area contributed by atoms with Crippen molar-refractivity contribution in [2.75, 3.05) is 0 Å². The molecule has 0 aliphatic carbocycles. The van der Waals surface area contributed by atoms with Crippen molar-refractivity contribution in [3.63, 3.8) is 0 Å². The Morgan fingerprint density at radius 2 is 2.22 bits per heavy atom. The standard InChI is InChI=1S/C3H3INO3.Y/c4-8-3(7)2(5)1-6;/h2H,5H2;/q-1;. The third-order valence-electron chi connectivity index (χ3n) is 0.457. The molecule has 6 heteroatoms. The smallest absolute Gasteiger partial charge is 0.304 e. The van der Waals surface area contributed by atoms with E-state index in [0.717, 1.165) is 0 Å². The van der Waals surface area contributed by atoms with Gasteiger partial charge < -0.3 is 13.6 Å². The van der Waals surface area contributed by atoms with Crippen LogP contribution in [-0.4, -0.2) is 18.3 Å². The Kier molecular flexibility index (Phi) is 9.86. The molecule has 0 saturated heterocycles. The summed E-state index contributed by atoms with van der Waals surface area (Å²) in [5.41, 5.74) is 4.82. The molecule has 0 aliphatic heterocycles. The number of hydrogen-bond acceptors (Lipinski definition) is 4. The van der Waals surface area contributed by atoms with E-state index in [9.17, 15) is 9.59 Å². The molecule has 2 N–H and O–H groups in total. The van der Waals surface area contributed by atoms with Gasteiger partial charge in [-0.1, -0.05) is 0 Å². The van der Waals surface area contributed by atoms with E-state index in [1.54, 1.807) is 0 Å². The van der Waals surface area contributed by atoms with Crippen molar-refractivity contribution in [3.8, 4) is 0 Å². The first kappa shape index (κ1) is 12.6. The van der Waals surface area contributed by atoms with Crippen molar-refractivity contribution in [1.82, 2.24) is 0 Å². The minimum absolute atomic E-state index is 0. The van der Waals surface area contributed by atoms with Gasteiger partial charge in [-0.15, -0.1) is 0 Å². The van der Waals surface area contributed by atoms with Crippen molar-refractivity contribution >= 4 is 35.3 Å². The van der Waals surface area contributed by atoms with Crippen LogP contribution < -0.4 is 5.73 Å². The molecule has 0 bridgehead atoms. The fourth-order valence-electron chi connectivity index (χ4n) is 0.0961. The van der Waals surface area contributed by atoms with Crippen LogP contribution in [0.5, 0.6) is 0 Å². The Morgan fingerprint density at radius 1 is 1.78 bits per heavy atom. The van der Waals surface area contributed by atoms with E-state index in [1.165, 1.54) is 29.3 Å². The van der Waals surface area contributed by atoms with E-state index in [-0.39, 0.29) is 32.7 Å². The van der Waals surface area contributed by atoms with Crippen molar-refractivity contribution in [1.29, 1.82) is 0 Å². The fraction of sp³-hybridized carbons (Fsp3) is 0.333. The number of halogens is 1. The molecular formula is C3H3INO3Y-. The molecule has 0 aromatic carbocycles. The predicted octanol–water partition coefficient (Wildman–Crippen LogP) is -0.686. The van der Waals surface area contributed by atoms with Gasteiger partial charge in [0.05, 0.1) is 0 Å². The molecule has 9 heavy (non-hydrogen) atoms. The molecule has 1 radical (unpaired) electrons. The van der Waals surface area contributed by atoms with Gasteiger partial charge in [0.2, 0.25) is 0 Å². The molecule has 0 fully saturated rings. The van der Waals surface area contributed by atoms with Gasteiger partial charge in [0, 0.05) is 38.8 Å². The normalized spacial score (nSPS) is 10.9. The first-order valence-electron chi connectivity index (χ1n) is 1.68. The first-order valence-corrected chi connectivity index (χ1v) is 2.56. The maximum Gasteiger partial charge on any atom is 0.304 e. The van der Waals surface area contributed by atoms with Crippen LogP contribution in [0, 0.1) is 0 Å². The van der Waals surface area contributed by atoms with Crippen LogP contribution in [0.3, 0.4) is 0 Å². The molecular weight excluding hydrogens is 314 g/mol. The molecule has 0 heterocycles. The Bertz CT molecular complexity index is 109. The zero-order valence-corrected chi connectivity index (χ0v) is 9.33. The van der Waals surface area contributed by atoms with Gasteiger partial charge in [-0.3, -0.25) is 4.79 Å². The van der Waals surface area contributed by atoms with Gasteiger partial charge in [0.25, 0.3) is 0 Å². The third-order valence-corrected chi connectivity index (χ3v) is 0.891. The molecule has 0 aromatic rings. The summed E-state index contributed by atoms with van der Waals surface area (Å²) in [5, 5.41) is 0. The second-order valence-corrected chi connectivity index (χ2v) is 1.43. The summed E-state index contributed by atoms with van der Waals surface area (Å²) >= 11 is 1.34. The van der Waals surface area contributed by atoms with Crippen LogP contribution in [0.4, 0.5) is 0 Å². The van der Waals surface area contributed by atoms with Crippen molar-refractivity contribution in [3.05, 3.63) is 0 Å². The molecule has 0 aromatic heterocycles. The third kappa shape index (κ3) is 5.38. The summed E-state index contributed by atoms with van der Waals surface area (Å²) < 4.78 is 4.05. The van der Waals surface area contributed by atoms with E-state index in [1.807, 2.05) is 0 Å². The van der Waals surface area contributed by atoms with Gasteiger partial charge in [0.15, 0.2) is 23.0 Å². The number of hydrogen-bond donors (Lipinski definition) is 1. The van der Waals surface area contributed by atoms with Gasteiger partial charge >= 0.3 is 5.97 Å². The van der Waals surface area contributed by atoms with Gasteiger partial charge in [-0.2, -0.15) is 0 Å². The Labute approximate surface area is 91.4 Å². The number of nitrogens with two attached hydrogens (primary N) is 1. The van der Waals surface area contributed by atoms with E-state index >= 15 is 0 Å². The maximum absolute atomic E-state index is 10.1. The van der Waals surface area contributed by atoms with E-state index in [4.69, 9.17) is 5.73 Å². The second kappa shape index (κ2) is 7.05. The molecule has 0 amide bonds. The summed E-state index contributed by atoms with van der Waals surface area (Å²) in [4.78, 5) is 19.7. The van der Waals surface area contributed by atoms with E-state index in [0.29, 0.717) is 0 Å². The van der Waals surface area contributed by atoms with Crippen LogP contribution in [0.15, 0.2) is 0 Å². The Hall–Kier alpha value is 0.934. The summed E-state index contributed by atoms with van der Waals surface area (Å²) in [6.07, 6.45) is 1.26.